The monoisotopic (exact) mass is 469 g/mol. The third kappa shape index (κ3) is 6.02. The number of anilines is 2. The highest BCUT2D eigenvalue weighted by Crippen LogP contribution is 2.36. The molecule has 0 bridgehead atoms. The maximum atomic E-state index is 13.1. The van der Waals surface area contributed by atoms with E-state index in [4.69, 9.17) is 4.74 Å². The molecule has 0 saturated carbocycles. The molecule has 6 nitrogen and oxygen atoms in total. The van der Waals surface area contributed by atoms with Gasteiger partial charge < -0.3 is 15.4 Å². The summed E-state index contributed by atoms with van der Waals surface area (Å²) in [7, 11) is 1.58. The number of benzene rings is 3. The molecule has 0 aliphatic carbocycles. The summed E-state index contributed by atoms with van der Waals surface area (Å²) in [5, 5.41) is 5.31. The van der Waals surface area contributed by atoms with Crippen molar-refractivity contribution in [2.24, 2.45) is 0 Å². The second kappa shape index (κ2) is 11.2. The molecule has 0 spiro atoms. The van der Waals surface area contributed by atoms with E-state index in [1.165, 1.54) is 11.8 Å². The van der Waals surface area contributed by atoms with Crippen LogP contribution in [0.15, 0.2) is 108 Å². The zero-order valence-electron chi connectivity index (χ0n) is 18.5. The molecule has 0 aliphatic rings. The summed E-state index contributed by atoms with van der Waals surface area (Å²) in [6.45, 7) is 0. The molecule has 1 atom stereocenters. The number of amides is 2. The van der Waals surface area contributed by atoms with Crippen molar-refractivity contribution in [2.75, 3.05) is 17.7 Å². The SMILES string of the molecule is COc1ccc(C(=O)Nc2ccc(SC(C(=O)Nc3ccccn3)c3ccccc3)cc2)cc1. The smallest absolute Gasteiger partial charge is 0.255 e. The van der Waals surface area contributed by atoms with Crippen LogP contribution in [0.5, 0.6) is 5.75 Å². The number of aromatic nitrogens is 1. The lowest BCUT2D eigenvalue weighted by atomic mass is 10.1. The van der Waals surface area contributed by atoms with Crippen LogP contribution in [-0.2, 0) is 4.79 Å². The van der Waals surface area contributed by atoms with Crippen LogP contribution in [0.2, 0.25) is 0 Å². The average Bonchev–Trinajstić information content (AvgIpc) is 2.89. The summed E-state index contributed by atoms with van der Waals surface area (Å²) in [6, 6.07) is 29.3. The molecule has 0 saturated heterocycles. The third-order valence-electron chi connectivity index (χ3n) is 4.97. The Balaban J connectivity index is 1.46. The van der Waals surface area contributed by atoms with Gasteiger partial charge in [0.2, 0.25) is 5.91 Å². The van der Waals surface area contributed by atoms with Crippen LogP contribution in [0.1, 0.15) is 21.2 Å². The van der Waals surface area contributed by atoms with Gasteiger partial charge in [0.25, 0.3) is 5.91 Å². The van der Waals surface area contributed by atoms with Crippen molar-refractivity contribution in [3.63, 3.8) is 0 Å². The number of ether oxygens (including phenoxy) is 1. The maximum absolute atomic E-state index is 13.1. The first-order valence-electron chi connectivity index (χ1n) is 10.6. The van der Waals surface area contributed by atoms with Gasteiger partial charge in [-0.05, 0) is 66.2 Å². The largest absolute Gasteiger partial charge is 0.497 e. The fourth-order valence-corrected chi connectivity index (χ4v) is 4.25. The zero-order chi connectivity index (χ0) is 23.8. The molecular weight excluding hydrogens is 446 g/mol. The van der Waals surface area contributed by atoms with Crippen molar-refractivity contribution in [1.82, 2.24) is 4.98 Å². The number of nitrogens with one attached hydrogen (secondary N) is 2. The standard InChI is InChI=1S/C27H23N3O3S/c1-33-22-14-10-20(11-15-22)26(31)29-21-12-16-23(17-13-21)34-25(19-7-3-2-4-8-19)27(32)30-24-9-5-6-18-28-24/h2-18,25H,1H3,(H,29,31)(H,28,30,32). The maximum Gasteiger partial charge on any atom is 0.255 e. The quantitative estimate of drug-likeness (QED) is 0.318. The Labute approximate surface area is 202 Å². The van der Waals surface area contributed by atoms with Gasteiger partial charge in [0.15, 0.2) is 0 Å². The normalized spacial score (nSPS) is 11.3. The summed E-state index contributed by atoms with van der Waals surface area (Å²) in [5.74, 6) is 0.829. The Kier molecular flexibility index (Phi) is 7.57. The van der Waals surface area contributed by atoms with Gasteiger partial charge in [-0.15, -0.1) is 11.8 Å². The summed E-state index contributed by atoms with van der Waals surface area (Å²) < 4.78 is 5.13. The van der Waals surface area contributed by atoms with E-state index in [9.17, 15) is 9.59 Å². The van der Waals surface area contributed by atoms with Crippen LogP contribution < -0.4 is 15.4 Å². The van der Waals surface area contributed by atoms with Gasteiger partial charge in [0.1, 0.15) is 16.8 Å². The van der Waals surface area contributed by atoms with Crippen molar-refractivity contribution in [3.8, 4) is 5.75 Å². The molecule has 2 amide bonds. The molecule has 7 heteroatoms. The van der Waals surface area contributed by atoms with E-state index in [-0.39, 0.29) is 11.8 Å². The minimum Gasteiger partial charge on any atom is -0.497 e. The molecule has 0 fully saturated rings. The van der Waals surface area contributed by atoms with Crippen LogP contribution in [0.3, 0.4) is 0 Å². The molecule has 1 aromatic heterocycles. The van der Waals surface area contributed by atoms with E-state index in [0.717, 1.165) is 10.5 Å². The number of pyridine rings is 1. The molecule has 4 rings (SSSR count). The number of hydrogen-bond donors (Lipinski definition) is 2. The first-order valence-corrected chi connectivity index (χ1v) is 11.5. The van der Waals surface area contributed by atoms with Crippen molar-refractivity contribution in [1.29, 1.82) is 0 Å². The van der Waals surface area contributed by atoms with Gasteiger partial charge >= 0.3 is 0 Å². The summed E-state index contributed by atoms with van der Waals surface area (Å²) in [6.07, 6.45) is 1.64. The third-order valence-corrected chi connectivity index (χ3v) is 6.24. The van der Waals surface area contributed by atoms with Crippen molar-refractivity contribution >= 4 is 35.1 Å². The van der Waals surface area contributed by atoms with Crippen LogP contribution in [0.4, 0.5) is 11.5 Å². The van der Waals surface area contributed by atoms with Crippen molar-refractivity contribution in [3.05, 3.63) is 114 Å². The number of carbonyl (C=O) groups excluding carboxylic acids is 2. The Hall–Kier alpha value is -4.10. The van der Waals surface area contributed by atoms with Crippen LogP contribution in [-0.4, -0.2) is 23.9 Å². The van der Waals surface area contributed by atoms with Crippen LogP contribution in [0.25, 0.3) is 0 Å². The number of carbonyl (C=O) groups is 2. The van der Waals surface area contributed by atoms with Gasteiger partial charge in [-0.2, -0.15) is 0 Å². The number of rotatable bonds is 8. The summed E-state index contributed by atoms with van der Waals surface area (Å²) in [5.41, 5.74) is 2.09. The van der Waals surface area contributed by atoms with Gasteiger partial charge in [0.05, 0.1) is 7.11 Å². The number of hydrogen-bond acceptors (Lipinski definition) is 5. The molecule has 2 N–H and O–H groups in total. The predicted molar refractivity (Wildman–Crippen MR) is 135 cm³/mol. The van der Waals surface area contributed by atoms with E-state index < -0.39 is 5.25 Å². The highest BCUT2D eigenvalue weighted by Gasteiger charge is 2.22. The van der Waals surface area contributed by atoms with Crippen LogP contribution in [0, 0.1) is 0 Å². The molecule has 1 unspecified atom stereocenters. The topological polar surface area (TPSA) is 80.3 Å². The van der Waals surface area contributed by atoms with Crippen molar-refractivity contribution < 1.29 is 14.3 Å². The lowest BCUT2D eigenvalue weighted by molar-refractivity contribution is -0.115. The Bertz CT molecular complexity index is 1230. The molecule has 34 heavy (non-hydrogen) atoms. The summed E-state index contributed by atoms with van der Waals surface area (Å²) in [4.78, 5) is 30.7. The Morgan fingerprint density at radius 2 is 1.53 bits per heavy atom. The van der Waals surface area contributed by atoms with E-state index in [1.807, 2.05) is 60.7 Å². The van der Waals surface area contributed by atoms with Gasteiger partial charge in [-0.25, -0.2) is 4.98 Å². The van der Waals surface area contributed by atoms with Crippen LogP contribution >= 0.6 is 11.8 Å². The van der Waals surface area contributed by atoms with E-state index in [1.54, 1.807) is 49.7 Å². The molecular formula is C27H23N3O3S. The minimum atomic E-state index is -0.469. The number of thioether (sulfide) groups is 1. The first-order chi connectivity index (χ1) is 16.6. The second-order valence-electron chi connectivity index (χ2n) is 7.32. The van der Waals surface area contributed by atoms with E-state index in [0.29, 0.717) is 22.8 Å². The lowest BCUT2D eigenvalue weighted by Crippen LogP contribution is -2.19. The average molecular weight is 470 g/mol. The van der Waals surface area contributed by atoms with Gasteiger partial charge in [-0.3, -0.25) is 9.59 Å². The highest BCUT2D eigenvalue weighted by atomic mass is 32.2. The van der Waals surface area contributed by atoms with Gasteiger partial charge in [-0.1, -0.05) is 36.4 Å². The molecule has 1 heterocycles. The fourth-order valence-electron chi connectivity index (χ4n) is 3.23. The van der Waals surface area contributed by atoms with E-state index >= 15 is 0 Å². The Morgan fingerprint density at radius 3 is 2.18 bits per heavy atom. The van der Waals surface area contributed by atoms with Crippen molar-refractivity contribution in [2.45, 2.75) is 10.1 Å². The second-order valence-corrected chi connectivity index (χ2v) is 8.50. The van der Waals surface area contributed by atoms with Gasteiger partial charge in [0, 0.05) is 22.3 Å². The lowest BCUT2D eigenvalue weighted by Gasteiger charge is -2.17. The molecule has 4 aromatic rings. The molecule has 3 aromatic carbocycles. The summed E-state index contributed by atoms with van der Waals surface area (Å²) >= 11 is 1.43. The molecule has 170 valence electrons. The molecule has 0 radical (unpaired) electrons. The zero-order valence-corrected chi connectivity index (χ0v) is 19.3. The highest BCUT2D eigenvalue weighted by molar-refractivity contribution is 8.00. The number of nitrogens with zero attached hydrogens (tertiary/aromatic N) is 1. The predicted octanol–water partition coefficient (Wildman–Crippen LogP) is 5.81. The molecule has 0 aliphatic heterocycles. The fraction of sp³-hybridized carbons (Fsp3) is 0.0741. The number of methoxy groups -OCH3 is 1. The van der Waals surface area contributed by atoms with E-state index in [2.05, 4.69) is 15.6 Å². The minimum absolute atomic E-state index is 0.160. The Morgan fingerprint density at radius 1 is 0.824 bits per heavy atom. The first kappa shape index (κ1) is 23.1.